The van der Waals surface area contributed by atoms with Crippen LogP contribution in [-0.4, -0.2) is 67.0 Å². The molecular formula is C22H35N5O. The molecule has 0 spiro atoms. The standard InChI is InChI=1S/C22H35N5O/c1-17-13-20(16-27(17)15-18-9-5-4-6-10-18)25-22(23-14-21(28)26(2)3)24-19-11-7-8-12-19/h4-6,9-10,17,19-20H,7-8,11-16H2,1-3H3,(H2,23,24,25). The second-order valence-corrected chi connectivity index (χ2v) is 8.42. The highest BCUT2D eigenvalue weighted by Crippen LogP contribution is 2.21. The molecule has 1 aliphatic heterocycles. The molecule has 1 amide bonds. The number of likely N-dealkylation sites (N-methyl/N-ethyl adjacent to an activating group) is 1. The van der Waals surface area contributed by atoms with E-state index in [0.717, 1.165) is 25.5 Å². The van der Waals surface area contributed by atoms with E-state index in [9.17, 15) is 4.79 Å². The number of rotatable bonds is 6. The lowest BCUT2D eigenvalue weighted by Crippen LogP contribution is -2.48. The molecule has 6 nitrogen and oxygen atoms in total. The van der Waals surface area contributed by atoms with Crippen molar-refractivity contribution in [3.63, 3.8) is 0 Å². The van der Waals surface area contributed by atoms with Gasteiger partial charge < -0.3 is 15.5 Å². The van der Waals surface area contributed by atoms with Crippen LogP contribution in [0.3, 0.4) is 0 Å². The van der Waals surface area contributed by atoms with E-state index in [2.05, 4.69) is 57.8 Å². The lowest BCUT2D eigenvalue weighted by atomic mass is 10.2. The monoisotopic (exact) mass is 385 g/mol. The number of guanidine groups is 1. The smallest absolute Gasteiger partial charge is 0.243 e. The lowest BCUT2D eigenvalue weighted by molar-refractivity contribution is -0.127. The van der Waals surface area contributed by atoms with E-state index in [1.807, 2.05) is 0 Å². The number of nitrogens with zero attached hydrogens (tertiary/aromatic N) is 3. The molecule has 2 N–H and O–H groups in total. The highest BCUT2D eigenvalue weighted by molar-refractivity contribution is 5.85. The first-order chi connectivity index (χ1) is 13.5. The van der Waals surface area contributed by atoms with E-state index in [-0.39, 0.29) is 12.5 Å². The Morgan fingerprint density at radius 3 is 2.50 bits per heavy atom. The normalized spacial score (nSPS) is 23.8. The van der Waals surface area contributed by atoms with Crippen LogP contribution < -0.4 is 10.6 Å². The van der Waals surface area contributed by atoms with E-state index >= 15 is 0 Å². The third kappa shape index (κ3) is 5.96. The topological polar surface area (TPSA) is 60.0 Å². The third-order valence-electron chi connectivity index (χ3n) is 5.84. The Hall–Kier alpha value is -2.08. The average molecular weight is 386 g/mol. The van der Waals surface area contributed by atoms with Gasteiger partial charge in [0.15, 0.2) is 5.96 Å². The molecule has 3 rings (SSSR count). The van der Waals surface area contributed by atoms with Gasteiger partial charge in [0, 0.05) is 45.3 Å². The number of benzene rings is 1. The maximum Gasteiger partial charge on any atom is 0.243 e. The molecule has 154 valence electrons. The maximum atomic E-state index is 12.0. The Morgan fingerprint density at radius 1 is 1.14 bits per heavy atom. The number of amides is 1. The third-order valence-corrected chi connectivity index (χ3v) is 5.84. The van der Waals surface area contributed by atoms with Gasteiger partial charge in [-0.3, -0.25) is 9.69 Å². The highest BCUT2D eigenvalue weighted by Gasteiger charge is 2.30. The summed E-state index contributed by atoms with van der Waals surface area (Å²) in [5.74, 6) is 0.818. The van der Waals surface area contributed by atoms with Crippen molar-refractivity contribution in [1.29, 1.82) is 0 Å². The first-order valence-corrected chi connectivity index (χ1v) is 10.6. The number of carbonyl (C=O) groups excluding carboxylic acids is 1. The SMILES string of the molecule is CC1CC(NC(=NCC(=O)N(C)C)NC2CCCC2)CN1Cc1ccccc1. The fourth-order valence-electron chi connectivity index (χ4n) is 4.12. The van der Waals surface area contributed by atoms with Crippen molar-refractivity contribution in [3.8, 4) is 0 Å². The molecule has 1 saturated heterocycles. The minimum Gasteiger partial charge on any atom is -0.354 e. The quantitative estimate of drug-likeness (QED) is 0.582. The van der Waals surface area contributed by atoms with Crippen molar-refractivity contribution in [2.24, 2.45) is 4.99 Å². The second-order valence-electron chi connectivity index (χ2n) is 8.42. The largest absolute Gasteiger partial charge is 0.354 e. The molecule has 1 aliphatic carbocycles. The minimum atomic E-state index is 0.0259. The average Bonchev–Trinajstić information content (AvgIpc) is 3.30. The van der Waals surface area contributed by atoms with Crippen molar-refractivity contribution < 1.29 is 4.79 Å². The van der Waals surface area contributed by atoms with Crippen LogP contribution in [0, 0.1) is 0 Å². The molecule has 6 heteroatoms. The van der Waals surface area contributed by atoms with Gasteiger partial charge in [-0.05, 0) is 31.7 Å². The molecule has 0 aromatic heterocycles. The fraction of sp³-hybridized carbons (Fsp3) is 0.636. The van der Waals surface area contributed by atoms with Crippen molar-refractivity contribution >= 4 is 11.9 Å². The molecular weight excluding hydrogens is 350 g/mol. The number of carbonyl (C=O) groups is 1. The first-order valence-electron chi connectivity index (χ1n) is 10.6. The van der Waals surface area contributed by atoms with Gasteiger partial charge in [-0.2, -0.15) is 0 Å². The van der Waals surface area contributed by atoms with Crippen LogP contribution in [0.1, 0.15) is 44.6 Å². The molecule has 0 radical (unpaired) electrons. The van der Waals surface area contributed by atoms with Crippen LogP contribution in [0.2, 0.25) is 0 Å². The van der Waals surface area contributed by atoms with Crippen LogP contribution in [-0.2, 0) is 11.3 Å². The summed E-state index contributed by atoms with van der Waals surface area (Å²) in [5.41, 5.74) is 1.35. The van der Waals surface area contributed by atoms with Gasteiger partial charge in [0.25, 0.3) is 0 Å². The van der Waals surface area contributed by atoms with Gasteiger partial charge in [-0.25, -0.2) is 4.99 Å². The Morgan fingerprint density at radius 2 is 1.82 bits per heavy atom. The minimum absolute atomic E-state index is 0.0259. The van der Waals surface area contributed by atoms with Gasteiger partial charge in [-0.1, -0.05) is 43.2 Å². The predicted octanol–water partition coefficient (Wildman–Crippen LogP) is 2.22. The summed E-state index contributed by atoms with van der Waals surface area (Å²) in [4.78, 5) is 20.7. The zero-order valence-electron chi connectivity index (χ0n) is 17.5. The lowest BCUT2D eigenvalue weighted by Gasteiger charge is -2.22. The van der Waals surface area contributed by atoms with Gasteiger partial charge in [-0.15, -0.1) is 0 Å². The number of hydrogen-bond donors (Lipinski definition) is 2. The molecule has 2 aliphatic rings. The van der Waals surface area contributed by atoms with E-state index in [4.69, 9.17) is 0 Å². The van der Waals surface area contributed by atoms with Crippen LogP contribution in [0.5, 0.6) is 0 Å². The van der Waals surface area contributed by atoms with Crippen LogP contribution >= 0.6 is 0 Å². The van der Waals surface area contributed by atoms with E-state index in [1.54, 1.807) is 19.0 Å². The van der Waals surface area contributed by atoms with Crippen LogP contribution in [0.25, 0.3) is 0 Å². The summed E-state index contributed by atoms with van der Waals surface area (Å²) < 4.78 is 0. The predicted molar refractivity (Wildman–Crippen MR) is 114 cm³/mol. The Kier molecular flexibility index (Phi) is 7.31. The number of hydrogen-bond acceptors (Lipinski definition) is 3. The molecule has 1 heterocycles. The zero-order chi connectivity index (χ0) is 19.9. The number of aliphatic imine (C=N–C) groups is 1. The summed E-state index contributed by atoms with van der Waals surface area (Å²) in [7, 11) is 3.55. The molecule has 28 heavy (non-hydrogen) atoms. The summed E-state index contributed by atoms with van der Waals surface area (Å²) in [6.07, 6.45) is 5.99. The van der Waals surface area contributed by atoms with Gasteiger partial charge in [0.05, 0.1) is 0 Å². The van der Waals surface area contributed by atoms with E-state index in [1.165, 1.54) is 31.2 Å². The Bertz CT molecular complexity index is 654. The van der Waals surface area contributed by atoms with Crippen molar-refractivity contribution in [3.05, 3.63) is 35.9 Å². The number of nitrogens with one attached hydrogen (secondary N) is 2. The Labute approximate surface area is 169 Å². The first kappa shape index (κ1) is 20.6. The van der Waals surface area contributed by atoms with Crippen molar-refractivity contribution in [2.75, 3.05) is 27.2 Å². The summed E-state index contributed by atoms with van der Waals surface area (Å²) >= 11 is 0. The van der Waals surface area contributed by atoms with E-state index in [0.29, 0.717) is 18.1 Å². The number of likely N-dealkylation sites (tertiary alicyclic amines) is 1. The summed E-state index contributed by atoms with van der Waals surface area (Å²) in [6.45, 7) is 4.44. The fourth-order valence-corrected chi connectivity index (χ4v) is 4.12. The Balaban J connectivity index is 1.59. The summed E-state index contributed by atoms with van der Waals surface area (Å²) in [6, 6.07) is 12.0. The zero-order valence-corrected chi connectivity index (χ0v) is 17.5. The van der Waals surface area contributed by atoms with Crippen LogP contribution in [0.15, 0.2) is 35.3 Å². The molecule has 2 atom stereocenters. The molecule has 1 saturated carbocycles. The van der Waals surface area contributed by atoms with Crippen LogP contribution in [0.4, 0.5) is 0 Å². The van der Waals surface area contributed by atoms with E-state index < -0.39 is 0 Å². The molecule has 1 aromatic rings. The second kappa shape index (κ2) is 9.92. The molecule has 0 bridgehead atoms. The van der Waals surface area contributed by atoms with Crippen molar-refractivity contribution in [2.45, 2.75) is 63.7 Å². The van der Waals surface area contributed by atoms with Gasteiger partial charge in [0.1, 0.15) is 6.54 Å². The summed E-state index contributed by atoms with van der Waals surface area (Å²) in [5, 5.41) is 7.18. The molecule has 1 aromatic carbocycles. The molecule has 2 fully saturated rings. The maximum absolute atomic E-state index is 12.0. The van der Waals surface area contributed by atoms with Crippen molar-refractivity contribution in [1.82, 2.24) is 20.4 Å². The van der Waals surface area contributed by atoms with Gasteiger partial charge in [0.2, 0.25) is 5.91 Å². The van der Waals surface area contributed by atoms with Gasteiger partial charge >= 0.3 is 0 Å². The molecule has 2 unspecified atom stereocenters. The highest BCUT2D eigenvalue weighted by atomic mass is 16.2.